The van der Waals surface area contributed by atoms with Gasteiger partial charge in [0, 0.05) is 24.8 Å². The van der Waals surface area contributed by atoms with Gasteiger partial charge in [0.05, 0.1) is 22.4 Å². The molecule has 6 rings (SSSR count). The van der Waals surface area contributed by atoms with E-state index in [4.69, 9.17) is 4.74 Å². The smallest absolute Gasteiger partial charge is 0.331 e. The molecule has 2 aliphatic heterocycles. The van der Waals surface area contributed by atoms with E-state index in [1.165, 1.54) is 11.3 Å². The zero-order valence-electron chi connectivity index (χ0n) is 20.9. The lowest BCUT2D eigenvalue weighted by Gasteiger charge is -2.32. The number of aryl methyl sites for hydroxylation is 1. The van der Waals surface area contributed by atoms with Crippen LogP contribution in [0.15, 0.2) is 60.8 Å². The summed E-state index contributed by atoms with van der Waals surface area (Å²) in [4.78, 5) is 33.9. The highest BCUT2D eigenvalue weighted by Gasteiger charge is 2.34. The van der Waals surface area contributed by atoms with Crippen LogP contribution >= 0.6 is 11.3 Å². The van der Waals surface area contributed by atoms with Crippen molar-refractivity contribution in [2.45, 2.75) is 38.8 Å². The van der Waals surface area contributed by atoms with Crippen molar-refractivity contribution in [1.29, 1.82) is 0 Å². The fourth-order valence-corrected chi connectivity index (χ4v) is 6.10. The van der Waals surface area contributed by atoms with E-state index in [1.54, 1.807) is 24.1 Å². The van der Waals surface area contributed by atoms with Gasteiger partial charge in [-0.2, -0.15) is 0 Å². The van der Waals surface area contributed by atoms with Crippen molar-refractivity contribution < 1.29 is 18.8 Å². The summed E-state index contributed by atoms with van der Waals surface area (Å²) in [7, 11) is 0. The van der Waals surface area contributed by atoms with Gasteiger partial charge in [0.2, 0.25) is 0 Å². The van der Waals surface area contributed by atoms with Gasteiger partial charge in [-0.3, -0.25) is 9.69 Å². The van der Waals surface area contributed by atoms with Crippen LogP contribution in [-0.4, -0.2) is 40.7 Å². The second kappa shape index (κ2) is 9.70. The Morgan fingerprint density at radius 2 is 1.97 bits per heavy atom. The predicted molar refractivity (Wildman–Crippen MR) is 146 cm³/mol. The number of hydrogen-bond acceptors (Lipinski definition) is 6. The first-order valence-corrected chi connectivity index (χ1v) is 13.3. The van der Waals surface area contributed by atoms with Crippen LogP contribution in [0.2, 0.25) is 0 Å². The number of piperidine rings is 1. The van der Waals surface area contributed by atoms with Gasteiger partial charge in [0.15, 0.2) is 0 Å². The molecule has 1 saturated heterocycles. The number of hydrogen-bond donors (Lipinski definition) is 2. The lowest BCUT2D eigenvalue weighted by Crippen LogP contribution is -2.46. The van der Waals surface area contributed by atoms with Crippen LogP contribution in [0.4, 0.5) is 26.3 Å². The third-order valence-corrected chi connectivity index (χ3v) is 8.07. The van der Waals surface area contributed by atoms with Crippen molar-refractivity contribution in [1.82, 2.24) is 15.4 Å². The number of urea groups is 1. The second-order valence-electron chi connectivity index (χ2n) is 9.61. The second-order valence-corrected chi connectivity index (χ2v) is 10.6. The molecule has 0 bridgehead atoms. The number of carbonyl (C=O) groups is 2. The molecule has 0 saturated carbocycles. The van der Waals surface area contributed by atoms with Gasteiger partial charge in [0.25, 0.3) is 5.91 Å². The zero-order chi connectivity index (χ0) is 26.4. The topological polar surface area (TPSA) is 86.8 Å². The van der Waals surface area contributed by atoms with Crippen LogP contribution < -0.4 is 20.3 Å². The largest absolute Gasteiger partial charge is 0.457 e. The van der Waals surface area contributed by atoms with Gasteiger partial charge in [-0.05, 0) is 68.7 Å². The number of halogens is 1. The molecule has 0 radical (unpaired) electrons. The molecule has 1 fully saturated rings. The van der Waals surface area contributed by atoms with Gasteiger partial charge in [-0.15, -0.1) is 20.9 Å². The average molecular weight is 532 g/mol. The molecule has 2 aliphatic rings. The SMILES string of the molecule is Cc1cc(Oc2ccccc2)ccc1N1C(=O)Nc2c(C(=O)NC3CCN(F)C(C)C3)sc3nccc1c23. The molecular formula is C28H26FN5O3S. The molecule has 194 valence electrons. The van der Waals surface area contributed by atoms with Crippen molar-refractivity contribution in [2.75, 3.05) is 16.8 Å². The van der Waals surface area contributed by atoms with Gasteiger partial charge in [-0.1, -0.05) is 18.2 Å². The molecule has 38 heavy (non-hydrogen) atoms. The maximum absolute atomic E-state index is 13.7. The van der Waals surface area contributed by atoms with Crippen molar-refractivity contribution in [3.8, 4) is 11.5 Å². The molecule has 2 atom stereocenters. The standard InChI is InChI=1S/C28H26FN5O3S/c1-16-14-20(37-19-6-4-3-5-7-19)8-9-21(16)34-22-10-12-30-27-23(22)24(32-28(34)36)25(38-27)26(35)31-18-11-13-33(29)17(2)15-18/h3-10,12,14,17-18H,11,13,15H2,1-2H3,(H,31,35)(H,32,36). The summed E-state index contributed by atoms with van der Waals surface area (Å²) in [5, 5.41) is 7.49. The molecule has 4 heterocycles. The molecular weight excluding hydrogens is 505 g/mol. The molecule has 2 aromatic carbocycles. The lowest BCUT2D eigenvalue weighted by molar-refractivity contribution is -0.0441. The van der Waals surface area contributed by atoms with E-state index in [0.29, 0.717) is 45.4 Å². The summed E-state index contributed by atoms with van der Waals surface area (Å²) < 4.78 is 19.7. The molecule has 2 unspecified atom stereocenters. The van der Waals surface area contributed by atoms with Crippen LogP contribution in [0, 0.1) is 6.92 Å². The first-order chi connectivity index (χ1) is 18.4. The van der Waals surface area contributed by atoms with Crippen molar-refractivity contribution in [3.63, 3.8) is 0 Å². The Morgan fingerprint density at radius 1 is 1.16 bits per heavy atom. The number of pyridine rings is 1. The van der Waals surface area contributed by atoms with Crippen LogP contribution in [0.3, 0.4) is 0 Å². The fourth-order valence-electron chi connectivity index (χ4n) is 5.08. The normalized spacial score (nSPS) is 19.3. The third-order valence-electron chi connectivity index (χ3n) is 6.97. The summed E-state index contributed by atoms with van der Waals surface area (Å²) in [5.74, 6) is 1.10. The Balaban J connectivity index is 1.31. The minimum atomic E-state index is -0.364. The van der Waals surface area contributed by atoms with Gasteiger partial charge in [-0.25, -0.2) is 9.78 Å². The van der Waals surface area contributed by atoms with Gasteiger partial charge >= 0.3 is 6.03 Å². The minimum Gasteiger partial charge on any atom is -0.457 e. The summed E-state index contributed by atoms with van der Waals surface area (Å²) in [6, 6.07) is 16.1. The van der Waals surface area contributed by atoms with Crippen LogP contribution in [0.25, 0.3) is 10.2 Å². The monoisotopic (exact) mass is 531 g/mol. The minimum absolute atomic E-state index is 0.135. The maximum atomic E-state index is 13.7. The molecule has 2 N–H and O–H groups in total. The number of anilines is 3. The van der Waals surface area contributed by atoms with Gasteiger partial charge in [0.1, 0.15) is 21.2 Å². The van der Waals surface area contributed by atoms with E-state index in [1.807, 2.05) is 55.5 Å². The van der Waals surface area contributed by atoms with E-state index in [0.717, 1.165) is 21.8 Å². The van der Waals surface area contributed by atoms with E-state index in [-0.39, 0.29) is 30.6 Å². The average Bonchev–Trinajstić information content (AvgIpc) is 3.27. The number of aromatic nitrogens is 1. The summed E-state index contributed by atoms with van der Waals surface area (Å²) in [5.41, 5.74) is 2.67. The predicted octanol–water partition coefficient (Wildman–Crippen LogP) is 6.55. The Bertz CT molecular complexity index is 1540. The quantitative estimate of drug-likeness (QED) is 0.285. The Labute approximate surface area is 223 Å². The highest BCUT2D eigenvalue weighted by molar-refractivity contribution is 7.21. The van der Waals surface area contributed by atoms with E-state index < -0.39 is 0 Å². The maximum Gasteiger partial charge on any atom is 0.331 e. The number of nitrogens with one attached hydrogen (secondary N) is 2. The van der Waals surface area contributed by atoms with E-state index >= 15 is 0 Å². The molecule has 10 heteroatoms. The highest BCUT2D eigenvalue weighted by Crippen LogP contribution is 2.46. The van der Waals surface area contributed by atoms with Crippen molar-refractivity contribution in [2.24, 2.45) is 0 Å². The number of benzene rings is 2. The molecule has 2 aromatic heterocycles. The number of para-hydroxylation sites is 1. The van der Waals surface area contributed by atoms with E-state index in [9.17, 15) is 14.1 Å². The first-order valence-electron chi connectivity index (χ1n) is 12.5. The Morgan fingerprint density at radius 3 is 2.74 bits per heavy atom. The zero-order valence-corrected chi connectivity index (χ0v) is 21.7. The summed E-state index contributed by atoms with van der Waals surface area (Å²) >= 11 is 1.24. The van der Waals surface area contributed by atoms with Crippen LogP contribution in [0.5, 0.6) is 11.5 Å². The number of thiophene rings is 1. The van der Waals surface area contributed by atoms with Crippen LogP contribution in [-0.2, 0) is 0 Å². The summed E-state index contributed by atoms with van der Waals surface area (Å²) in [6.45, 7) is 4.00. The molecule has 3 amide bonds. The van der Waals surface area contributed by atoms with Gasteiger partial charge < -0.3 is 15.4 Å². The number of nitrogens with zero attached hydrogens (tertiary/aromatic N) is 3. The first kappa shape index (κ1) is 24.3. The fraction of sp³-hybridized carbons (Fsp3) is 0.250. The number of carbonyl (C=O) groups excluding carboxylic acids is 2. The molecule has 4 aromatic rings. The van der Waals surface area contributed by atoms with Crippen molar-refractivity contribution >= 4 is 50.6 Å². The Hall–Kier alpha value is -4.02. The summed E-state index contributed by atoms with van der Waals surface area (Å²) in [6.07, 6.45) is 2.70. The van der Waals surface area contributed by atoms with E-state index in [2.05, 4.69) is 15.6 Å². The molecule has 0 spiro atoms. The number of rotatable bonds is 5. The van der Waals surface area contributed by atoms with Crippen LogP contribution in [0.1, 0.15) is 35.0 Å². The molecule has 0 aliphatic carbocycles. The third kappa shape index (κ3) is 4.35. The Kier molecular flexibility index (Phi) is 6.21. The number of amides is 3. The molecule has 8 nitrogen and oxygen atoms in total. The number of ether oxygens (including phenoxy) is 1. The lowest BCUT2D eigenvalue weighted by atomic mass is 10.0. The van der Waals surface area contributed by atoms with Crippen molar-refractivity contribution in [3.05, 3.63) is 71.2 Å². The highest BCUT2D eigenvalue weighted by atomic mass is 32.1.